The zero-order valence-electron chi connectivity index (χ0n) is 17.3. The van der Waals surface area contributed by atoms with Crippen LogP contribution < -0.4 is 10.2 Å². The molecule has 1 N–H and O–H groups in total. The number of amides is 1. The zero-order valence-corrected chi connectivity index (χ0v) is 18.1. The van der Waals surface area contributed by atoms with Gasteiger partial charge in [-0.15, -0.1) is 11.3 Å². The minimum absolute atomic E-state index is 0.0761. The lowest BCUT2D eigenvalue weighted by atomic mass is 10.1. The van der Waals surface area contributed by atoms with E-state index in [2.05, 4.69) is 28.1 Å². The van der Waals surface area contributed by atoms with Crippen LogP contribution in [0, 0.1) is 0 Å². The summed E-state index contributed by atoms with van der Waals surface area (Å²) in [6.07, 6.45) is -0.234. The van der Waals surface area contributed by atoms with Crippen LogP contribution in [0.25, 0.3) is 22.4 Å². The average molecular weight is 438 g/mol. The van der Waals surface area contributed by atoms with Gasteiger partial charge in [-0.05, 0) is 36.4 Å². The third kappa shape index (κ3) is 2.90. The summed E-state index contributed by atoms with van der Waals surface area (Å²) in [6.45, 7) is 1.56. The molecule has 3 aromatic carbocycles. The Hall–Kier alpha value is -3.97. The fraction of sp³-hybridized carbons (Fsp3) is 0.0800. The minimum atomic E-state index is -0.234. The van der Waals surface area contributed by atoms with E-state index in [-0.39, 0.29) is 12.1 Å². The van der Waals surface area contributed by atoms with Gasteiger partial charge in [0, 0.05) is 23.6 Å². The molecule has 0 saturated carbocycles. The van der Waals surface area contributed by atoms with E-state index in [4.69, 9.17) is 9.97 Å². The minimum Gasteiger partial charge on any atom is -0.359 e. The summed E-state index contributed by atoms with van der Waals surface area (Å²) in [4.78, 5) is 24.0. The Balaban J connectivity index is 1.49. The molecule has 1 aliphatic heterocycles. The second-order valence-corrected chi connectivity index (χ2v) is 8.47. The number of imidazole rings is 1. The summed E-state index contributed by atoms with van der Waals surface area (Å²) in [7, 11) is 0. The normalized spacial score (nSPS) is 14.5. The predicted molar refractivity (Wildman–Crippen MR) is 128 cm³/mol. The lowest BCUT2D eigenvalue weighted by Crippen LogP contribution is -2.26. The maximum absolute atomic E-state index is 12.5. The molecule has 0 spiro atoms. The Morgan fingerprint density at radius 2 is 1.72 bits per heavy atom. The van der Waals surface area contributed by atoms with Crippen LogP contribution in [0.5, 0.6) is 0 Å². The first-order valence-corrected chi connectivity index (χ1v) is 11.2. The standard InChI is InChI=1S/C25H19N5OS/c1-16(31)29(17-9-3-2-4-10-17)25-28-21(15-32-25)24-26-19-12-6-5-11-18(19)23-27-20-13-7-8-14-22(20)30(23)24/h2-15,24,26H,1H3/t24-/m1/s1. The van der Waals surface area contributed by atoms with Gasteiger partial charge in [0.25, 0.3) is 0 Å². The van der Waals surface area contributed by atoms with Crippen LogP contribution >= 0.6 is 11.3 Å². The van der Waals surface area contributed by atoms with Gasteiger partial charge in [0.05, 0.1) is 22.4 Å². The maximum Gasteiger partial charge on any atom is 0.230 e. The maximum atomic E-state index is 12.5. The van der Waals surface area contributed by atoms with E-state index in [9.17, 15) is 4.79 Å². The Morgan fingerprint density at radius 3 is 2.56 bits per heavy atom. The highest BCUT2D eigenvalue weighted by Gasteiger charge is 2.30. The highest BCUT2D eigenvalue weighted by atomic mass is 32.1. The van der Waals surface area contributed by atoms with Crippen molar-refractivity contribution in [3.05, 3.63) is 89.9 Å². The Bertz CT molecular complexity index is 1460. The quantitative estimate of drug-likeness (QED) is 0.386. The van der Waals surface area contributed by atoms with Crippen molar-refractivity contribution in [1.29, 1.82) is 0 Å². The van der Waals surface area contributed by atoms with Crippen molar-refractivity contribution < 1.29 is 4.79 Å². The average Bonchev–Trinajstić information content (AvgIpc) is 3.45. The first kappa shape index (κ1) is 18.8. The largest absolute Gasteiger partial charge is 0.359 e. The van der Waals surface area contributed by atoms with Gasteiger partial charge in [-0.25, -0.2) is 9.97 Å². The SMILES string of the molecule is CC(=O)N(c1ccccc1)c1nc([C@@H]2Nc3ccccc3-c3nc4ccccc4n32)cs1. The number of fused-ring (bicyclic) bond motifs is 5. The summed E-state index contributed by atoms with van der Waals surface area (Å²) in [5.74, 6) is 0.833. The van der Waals surface area contributed by atoms with Gasteiger partial charge in [-0.2, -0.15) is 0 Å². The van der Waals surface area contributed by atoms with Gasteiger partial charge in [0.2, 0.25) is 5.91 Å². The van der Waals surface area contributed by atoms with E-state index >= 15 is 0 Å². The van der Waals surface area contributed by atoms with Gasteiger partial charge in [0.1, 0.15) is 12.0 Å². The number of carbonyl (C=O) groups is 1. The molecule has 32 heavy (non-hydrogen) atoms. The molecule has 2 aromatic heterocycles. The molecule has 0 bridgehead atoms. The molecule has 0 unspecified atom stereocenters. The zero-order chi connectivity index (χ0) is 21.7. The van der Waals surface area contributed by atoms with Gasteiger partial charge in [-0.1, -0.05) is 42.5 Å². The van der Waals surface area contributed by atoms with E-state index in [1.165, 1.54) is 11.3 Å². The van der Waals surface area contributed by atoms with Crippen molar-refractivity contribution >= 4 is 44.8 Å². The van der Waals surface area contributed by atoms with Crippen molar-refractivity contribution in [3.63, 3.8) is 0 Å². The number of aromatic nitrogens is 3. The lowest BCUT2D eigenvalue weighted by Gasteiger charge is -2.29. The number of hydrogen-bond donors (Lipinski definition) is 1. The molecule has 1 aliphatic rings. The van der Waals surface area contributed by atoms with Crippen molar-refractivity contribution in [2.45, 2.75) is 13.1 Å². The molecule has 0 aliphatic carbocycles. The van der Waals surface area contributed by atoms with Crippen LogP contribution in [-0.4, -0.2) is 20.4 Å². The van der Waals surface area contributed by atoms with Gasteiger partial charge in [0.15, 0.2) is 5.13 Å². The highest BCUT2D eigenvalue weighted by Crippen LogP contribution is 2.41. The van der Waals surface area contributed by atoms with Crippen LogP contribution in [0.3, 0.4) is 0 Å². The van der Waals surface area contributed by atoms with E-state index in [1.54, 1.807) is 11.8 Å². The topological polar surface area (TPSA) is 63.1 Å². The number of benzene rings is 3. The van der Waals surface area contributed by atoms with E-state index in [0.717, 1.165) is 39.5 Å². The number of para-hydroxylation sites is 4. The summed E-state index contributed by atoms with van der Waals surface area (Å²) in [5.41, 5.74) is 5.70. The molecule has 1 atom stereocenters. The summed E-state index contributed by atoms with van der Waals surface area (Å²) < 4.78 is 2.19. The van der Waals surface area contributed by atoms with Crippen LogP contribution in [0.4, 0.5) is 16.5 Å². The predicted octanol–water partition coefficient (Wildman–Crippen LogP) is 5.82. The van der Waals surface area contributed by atoms with Crippen LogP contribution in [0.2, 0.25) is 0 Å². The third-order valence-electron chi connectivity index (χ3n) is 5.62. The number of nitrogens with one attached hydrogen (secondary N) is 1. The third-order valence-corrected chi connectivity index (χ3v) is 6.47. The van der Waals surface area contributed by atoms with Gasteiger partial charge < -0.3 is 5.32 Å². The van der Waals surface area contributed by atoms with Crippen LogP contribution in [-0.2, 0) is 4.79 Å². The second-order valence-electron chi connectivity index (χ2n) is 7.63. The van der Waals surface area contributed by atoms with E-state index < -0.39 is 0 Å². The molecule has 0 fully saturated rings. The molecule has 0 saturated heterocycles. The molecule has 6 rings (SSSR count). The Kier molecular flexibility index (Phi) is 4.29. The fourth-order valence-corrected chi connectivity index (χ4v) is 5.13. The molecule has 6 nitrogen and oxygen atoms in total. The second kappa shape index (κ2) is 7.32. The summed E-state index contributed by atoms with van der Waals surface area (Å²) in [6, 6.07) is 25.9. The van der Waals surface area contributed by atoms with E-state index in [0.29, 0.717) is 5.13 Å². The van der Waals surface area contributed by atoms with Crippen LogP contribution in [0.15, 0.2) is 84.2 Å². The van der Waals surface area contributed by atoms with Gasteiger partial charge in [-0.3, -0.25) is 14.3 Å². The molecular weight excluding hydrogens is 418 g/mol. The number of thiazole rings is 1. The summed E-state index contributed by atoms with van der Waals surface area (Å²) >= 11 is 1.46. The number of hydrogen-bond acceptors (Lipinski definition) is 5. The number of rotatable bonds is 3. The molecule has 3 heterocycles. The van der Waals surface area contributed by atoms with Crippen molar-refractivity contribution in [1.82, 2.24) is 14.5 Å². The number of carbonyl (C=O) groups excluding carboxylic acids is 1. The fourth-order valence-electron chi connectivity index (χ4n) is 4.23. The molecule has 1 amide bonds. The Morgan fingerprint density at radius 1 is 0.969 bits per heavy atom. The molecule has 156 valence electrons. The Labute approximate surface area is 188 Å². The first-order valence-electron chi connectivity index (χ1n) is 10.3. The number of anilines is 3. The molecular formula is C25H19N5OS. The van der Waals surface area contributed by atoms with Gasteiger partial charge >= 0.3 is 0 Å². The lowest BCUT2D eigenvalue weighted by molar-refractivity contribution is -0.115. The first-order chi connectivity index (χ1) is 15.7. The molecule has 5 aromatic rings. The summed E-state index contributed by atoms with van der Waals surface area (Å²) in [5, 5.41) is 6.29. The van der Waals surface area contributed by atoms with Crippen molar-refractivity contribution in [2.24, 2.45) is 0 Å². The monoisotopic (exact) mass is 437 g/mol. The van der Waals surface area contributed by atoms with Crippen molar-refractivity contribution in [3.8, 4) is 11.4 Å². The molecule has 0 radical (unpaired) electrons. The molecule has 7 heteroatoms. The van der Waals surface area contributed by atoms with E-state index in [1.807, 2.05) is 66.0 Å². The van der Waals surface area contributed by atoms with Crippen LogP contribution in [0.1, 0.15) is 18.8 Å². The smallest absolute Gasteiger partial charge is 0.230 e. The number of nitrogens with zero attached hydrogens (tertiary/aromatic N) is 4. The highest BCUT2D eigenvalue weighted by molar-refractivity contribution is 7.14. The van der Waals surface area contributed by atoms with Crippen molar-refractivity contribution in [2.75, 3.05) is 10.2 Å².